The van der Waals surface area contributed by atoms with E-state index in [0.29, 0.717) is 16.8 Å². The number of nitrogen functional groups attached to an aromatic ring is 1. The third kappa shape index (κ3) is 3.34. The molecular weight excluding hydrogens is 279 g/mol. The molecule has 0 aromatic heterocycles. The van der Waals surface area contributed by atoms with Crippen molar-refractivity contribution in [1.82, 2.24) is 4.72 Å². The molecule has 2 aromatic rings. The Labute approximate surface area is 117 Å². The summed E-state index contributed by atoms with van der Waals surface area (Å²) in [5.74, 6) is -0.398. The van der Waals surface area contributed by atoms with Gasteiger partial charge < -0.3 is 5.73 Å². The Morgan fingerprint density at radius 2 is 1.95 bits per heavy atom. The number of sulfonamides is 1. The lowest BCUT2D eigenvalue weighted by molar-refractivity contribution is 0.580. The lowest BCUT2D eigenvalue weighted by atomic mass is 10.2. The van der Waals surface area contributed by atoms with Gasteiger partial charge in [-0.2, -0.15) is 0 Å². The van der Waals surface area contributed by atoms with Crippen molar-refractivity contribution in [3.8, 4) is 0 Å². The minimum Gasteiger partial charge on any atom is -0.399 e. The second-order valence-corrected chi connectivity index (χ2v) is 6.24. The van der Waals surface area contributed by atoms with Crippen LogP contribution >= 0.6 is 0 Å². The Hall–Kier alpha value is -1.92. The number of anilines is 1. The van der Waals surface area contributed by atoms with Crippen LogP contribution in [-0.4, -0.2) is 8.42 Å². The largest absolute Gasteiger partial charge is 0.399 e. The van der Waals surface area contributed by atoms with Gasteiger partial charge in [0.25, 0.3) is 0 Å². The highest BCUT2D eigenvalue weighted by Gasteiger charge is 2.14. The van der Waals surface area contributed by atoms with Crippen molar-refractivity contribution in [2.45, 2.75) is 18.4 Å². The molecule has 0 aliphatic rings. The van der Waals surface area contributed by atoms with E-state index in [1.54, 1.807) is 19.1 Å². The number of hydrogen-bond acceptors (Lipinski definition) is 3. The fourth-order valence-electron chi connectivity index (χ4n) is 1.72. The molecule has 0 saturated heterocycles. The maximum atomic E-state index is 13.0. The molecule has 0 aliphatic heterocycles. The second kappa shape index (κ2) is 5.60. The molecule has 0 aliphatic carbocycles. The summed E-state index contributed by atoms with van der Waals surface area (Å²) in [7, 11) is -3.64. The Kier molecular flexibility index (Phi) is 4.06. The van der Waals surface area contributed by atoms with E-state index in [1.165, 1.54) is 30.3 Å². The maximum Gasteiger partial charge on any atom is 0.240 e. The molecule has 0 fully saturated rings. The average molecular weight is 294 g/mol. The van der Waals surface area contributed by atoms with Gasteiger partial charge >= 0.3 is 0 Å². The van der Waals surface area contributed by atoms with Crippen LogP contribution < -0.4 is 10.5 Å². The van der Waals surface area contributed by atoms with Gasteiger partial charge in [0.1, 0.15) is 5.82 Å². The van der Waals surface area contributed by atoms with Crippen LogP contribution in [0.15, 0.2) is 47.4 Å². The van der Waals surface area contributed by atoms with Gasteiger partial charge in [-0.05, 0) is 48.4 Å². The standard InChI is InChI=1S/C14H15FN2O2S/c1-10-7-13(5-6-14(10)16)20(18,19)17-9-11-3-2-4-12(15)8-11/h2-8,17H,9,16H2,1H3. The first-order chi connectivity index (χ1) is 9.38. The van der Waals surface area contributed by atoms with E-state index in [9.17, 15) is 12.8 Å². The molecular formula is C14H15FN2O2S. The quantitative estimate of drug-likeness (QED) is 0.849. The van der Waals surface area contributed by atoms with E-state index >= 15 is 0 Å². The third-order valence-electron chi connectivity index (χ3n) is 2.91. The maximum absolute atomic E-state index is 13.0. The number of aryl methyl sites for hydroxylation is 1. The molecule has 0 heterocycles. The molecule has 0 atom stereocenters. The van der Waals surface area contributed by atoms with Gasteiger partial charge in [-0.1, -0.05) is 12.1 Å². The Morgan fingerprint density at radius 3 is 2.60 bits per heavy atom. The molecule has 20 heavy (non-hydrogen) atoms. The molecule has 2 rings (SSSR count). The van der Waals surface area contributed by atoms with Crippen molar-refractivity contribution in [3.05, 3.63) is 59.4 Å². The average Bonchev–Trinajstić information content (AvgIpc) is 2.40. The summed E-state index contributed by atoms with van der Waals surface area (Å²) in [4.78, 5) is 0.139. The van der Waals surface area contributed by atoms with Crippen molar-refractivity contribution >= 4 is 15.7 Å². The van der Waals surface area contributed by atoms with Crippen LogP contribution in [0, 0.1) is 12.7 Å². The van der Waals surface area contributed by atoms with Gasteiger partial charge in [-0.3, -0.25) is 0 Å². The third-order valence-corrected chi connectivity index (χ3v) is 4.31. The number of rotatable bonds is 4. The number of nitrogens with one attached hydrogen (secondary N) is 1. The van der Waals surface area contributed by atoms with Crippen LogP contribution in [0.3, 0.4) is 0 Å². The highest BCUT2D eigenvalue weighted by Crippen LogP contribution is 2.17. The lowest BCUT2D eigenvalue weighted by Gasteiger charge is -2.08. The predicted molar refractivity (Wildman–Crippen MR) is 76.0 cm³/mol. The SMILES string of the molecule is Cc1cc(S(=O)(=O)NCc2cccc(F)c2)ccc1N. The second-order valence-electron chi connectivity index (χ2n) is 4.47. The normalized spacial score (nSPS) is 11.5. The molecule has 0 saturated carbocycles. The molecule has 3 N–H and O–H groups in total. The van der Waals surface area contributed by atoms with Crippen LogP contribution in [-0.2, 0) is 16.6 Å². The molecule has 0 amide bonds. The summed E-state index contributed by atoms with van der Waals surface area (Å²) in [6, 6.07) is 10.3. The lowest BCUT2D eigenvalue weighted by Crippen LogP contribution is -2.23. The highest BCUT2D eigenvalue weighted by molar-refractivity contribution is 7.89. The summed E-state index contributed by atoms with van der Waals surface area (Å²) >= 11 is 0. The molecule has 0 bridgehead atoms. The van der Waals surface area contributed by atoms with Crippen molar-refractivity contribution in [3.63, 3.8) is 0 Å². The van der Waals surface area contributed by atoms with Crippen LogP contribution in [0.1, 0.15) is 11.1 Å². The molecule has 6 heteroatoms. The number of hydrogen-bond donors (Lipinski definition) is 2. The van der Waals surface area contributed by atoms with Crippen LogP contribution in [0.5, 0.6) is 0 Å². The van der Waals surface area contributed by atoms with Crippen LogP contribution in [0.25, 0.3) is 0 Å². The predicted octanol–water partition coefficient (Wildman–Crippen LogP) is 2.19. The van der Waals surface area contributed by atoms with E-state index in [2.05, 4.69) is 4.72 Å². The molecule has 4 nitrogen and oxygen atoms in total. The summed E-state index contributed by atoms with van der Waals surface area (Å²) in [5, 5.41) is 0. The Balaban J connectivity index is 2.17. The minimum absolute atomic E-state index is 0.0313. The van der Waals surface area contributed by atoms with E-state index in [-0.39, 0.29) is 11.4 Å². The smallest absolute Gasteiger partial charge is 0.240 e. The van der Waals surface area contributed by atoms with Gasteiger partial charge in [0.2, 0.25) is 10.0 Å². The van der Waals surface area contributed by atoms with E-state index in [0.717, 1.165) is 0 Å². The number of halogens is 1. The monoisotopic (exact) mass is 294 g/mol. The zero-order chi connectivity index (χ0) is 14.8. The summed E-state index contributed by atoms with van der Waals surface area (Å²) in [5.41, 5.74) is 7.44. The first kappa shape index (κ1) is 14.5. The van der Waals surface area contributed by atoms with Crippen molar-refractivity contribution in [2.24, 2.45) is 0 Å². The number of nitrogens with two attached hydrogens (primary N) is 1. The van der Waals surface area contributed by atoms with E-state index in [1.807, 2.05) is 0 Å². The molecule has 106 valence electrons. The first-order valence-electron chi connectivity index (χ1n) is 5.99. The molecule has 2 aromatic carbocycles. The highest BCUT2D eigenvalue weighted by atomic mass is 32.2. The molecule has 0 spiro atoms. The fourth-order valence-corrected chi connectivity index (χ4v) is 2.83. The summed E-state index contributed by atoms with van der Waals surface area (Å²) in [6.07, 6.45) is 0. The van der Waals surface area contributed by atoms with Crippen molar-refractivity contribution in [1.29, 1.82) is 0 Å². The van der Waals surface area contributed by atoms with E-state index < -0.39 is 15.8 Å². The Morgan fingerprint density at radius 1 is 1.20 bits per heavy atom. The molecule has 0 radical (unpaired) electrons. The summed E-state index contributed by atoms with van der Waals surface area (Å²) < 4.78 is 39.7. The van der Waals surface area contributed by atoms with Gasteiger partial charge in [0.15, 0.2) is 0 Å². The molecule has 0 unspecified atom stereocenters. The Bertz CT molecular complexity index is 730. The van der Waals surface area contributed by atoms with Crippen molar-refractivity contribution < 1.29 is 12.8 Å². The fraction of sp³-hybridized carbons (Fsp3) is 0.143. The van der Waals surface area contributed by atoms with Gasteiger partial charge in [0, 0.05) is 12.2 Å². The summed E-state index contributed by atoms with van der Waals surface area (Å²) in [6.45, 7) is 1.77. The topological polar surface area (TPSA) is 72.2 Å². The first-order valence-corrected chi connectivity index (χ1v) is 7.47. The van der Waals surface area contributed by atoms with Gasteiger partial charge in [-0.15, -0.1) is 0 Å². The minimum atomic E-state index is -3.64. The van der Waals surface area contributed by atoms with Crippen molar-refractivity contribution in [2.75, 3.05) is 5.73 Å². The zero-order valence-electron chi connectivity index (χ0n) is 10.9. The van der Waals surface area contributed by atoms with Gasteiger partial charge in [0.05, 0.1) is 4.90 Å². The van der Waals surface area contributed by atoms with E-state index in [4.69, 9.17) is 5.73 Å². The zero-order valence-corrected chi connectivity index (χ0v) is 11.7. The van der Waals surface area contributed by atoms with Crippen LogP contribution in [0.4, 0.5) is 10.1 Å². The van der Waals surface area contributed by atoms with Gasteiger partial charge in [-0.25, -0.2) is 17.5 Å². The number of benzene rings is 2. The van der Waals surface area contributed by atoms with Crippen LogP contribution in [0.2, 0.25) is 0 Å².